The normalized spacial score (nSPS) is 10.2. The lowest BCUT2D eigenvalue weighted by Crippen LogP contribution is -2.16. The maximum atomic E-state index is 12.8. The molecule has 0 aliphatic heterocycles. The van der Waals surface area contributed by atoms with E-state index in [4.69, 9.17) is 14.2 Å². The number of amides is 1. The quantitative estimate of drug-likeness (QED) is 0.629. The van der Waals surface area contributed by atoms with Crippen molar-refractivity contribution in [3.8, 4) is 17.2 Å². The number of ether oxygens (including phenoxy) is 3. The number of benzene rings is 2. The third kappa shape index (κ3) is 4.92. The van der Waals surface area contributed by atoms with E-state index in [9.17, 15) is 4.79 Å². The first-order chi connectivity index (χ1) is 14.0. The summed E-state index contributed by atoms with van der Waals surface area (Å²) < 4.78 is 15.7. The second-order valence-electron chi connectivity index (χ2n) is 6.06. The summed E-state index contributed by atoms with van der Waals surface area (Å²) in [5.41, 5.74) is 1.51. The van der Waals surface area contributed by atoms with Crippen molar-refractivity contribution in [2.24, 2.45) is 0 Å². The van der Waals surface area contributed by atoms with E-state index in [1.165, 1.54) is 7.11 Å². The topological polar surface area (TPSA) is 94.6 Å². The van der Waals surface area contributed by atoms with Crippen molar-refractivity contribution in [1.29, 1.82) is 0 Å². The predicted octanol–water partition coefficient (Wildman–Crippen LogP) is 3.81. The van der Waals surface area contributed by atoms with Crippen LogP contribution in [-0.4, -0.2) is 37.2 Å². The lowest BCUT2D eigenvalue weighted by Gasteiger charge is -2.12. The maximum Gasteiger partial charge on any atom is 0.274 e. The Bertz CT molecular complexity index is 1010. The Morgan fingerprint density at radius 3 is 2.21 bits per heavy atom. The fourth-order valence-electron chi connectivity index (χ4n) is 2.67. The molecule has 1 aromatic heterocycles. The average Bonchev–Trinajstić information content (AvgIpc) is 2.73. The van der Waals surface area contributed by atoms with Gasteiger partial charge in [0, 0.05) is 17.8 Å². The van der Waals surface area contributed by atoms with Gasteiger partial charge in [0.05, 0.1) is 27.0 Å². The van der Waals surface area contributed by atoms with E-state index in [0.717, 1.165) is 11.4 Å². The number of hydrogen-bond acceptors (Lipinski definition) is 7. The molecule has 1 heterocycles. The summed E-state index contributed by atoms with van der Waals surface area (Å²) in [4.78, 5) is 21.4. The van der Waals surface area contributed by atoms with Crippen molar-refractivity contribution in [2.75, 3.05) is 32.0 Å². The van der Waals surface area contributed by atoms with Gasteiger partial charge in [-0.1, -0.05) is 0 Å². The van der Waals surface area contributed by atoms with E-state index >= 15 is 0 Å². The minimum atomic E-state index is -0.389. The number of aromatic nitrogens is 2. The molecule has 0 atom stereocenters. The molecule has 8 nitrogen and oxygen atoms in total. The van der Waals surface area contributed by atoms with Crippen LogP contribution < -0.4 is 24.8 Å². The fraction of sp³-hybridized carbons (Fsp3) is 0.190. The Morgan fingerprint density at radius 2 is 1.55 bits per heavy atom. The molecule has 2 N–H and O–H groups in total. The first kappa shape index (κ1) is 19.9. The Balaban J connectivity index is 1.82. The third-order valence-corrected chi connectivity index (χ3v) is 4.09. The van der Waals surface area contributed by atoms with Crippen LogP contribution in [0.2, 0.25) is 0 Å². The number of hydrogen-bond donors (Lipinski definition) is 2. The number of methoxy groups -OCH3 is 3. The van der Waals surface area contributed by atoms with Crippen molar-refractivity contribution in [2.45, 2.75) is 6.92 Å². The van der Waals surface area contributed by atoms with Crippen molar-refractivity contribution in [3.63, 3.8) is 0 Å². The molecular weight excluding hydrogens is 372 g/mol. The molecule has 0 aliphatic carbocycles. The molecule has 0 bridgehead atoms. The second kappa shape index (κ2) is 8.92. The molecule has 0 fully saturated rings. The summed E-state index contributed by atoms with van der Waals surface area (Å²) in [6.45, 7) is 1.72. The standard InChI is InChI=1S/C21H22N4O4/c1-13-22-18(12-20(23-13)24-14-5-7-15(27-2)8-6-14)21(26)25-17-11-16(28-3)9-10-19(17)29-4/h5-12H,1-4H3,(H,25,26)(H,22,23,24). The molecule has 150 valence electrons. The molecule has 0 aliphatic rings. The van der Waals surface area contributed by atoms with Crippen LogP contribution in [0, 0.1) is 6.92 Å². The van der Waals surface area contributed by atoms with Crippen molar-refractivity contribution >= 4 is 23.1 Å². The lowest BCUT2D eigenvalue weighted by atomic mass is 10.2. The van der Waals surface area contributed by atoms with E-state index in [2.05, 4.69) is 20.6 Å². The van der Waals surface area contributed by atoms with Crippen LogP contribution in [-0.2, 0) is 0 Å². The Kier molecular flexibility index (Phi) is 6.13. The van der Waals surface area contributed by atoms with Crippen LogP contribution in [0.15, 0.2) is 48.5 Å². The summed E-state index contributed by atoms with van der Waals surface area (Å²) in [5.74, 6) is 2.45. The summed E-state index contributed by atoms with van der Waals surface area (Å²) >= 11 is 0. The molecule has 3 rings (SSSR count). The first-order valence-corrected chi connectivity index (χ1v) is 8.82. The Morgan fingerprint density at radius 1 is 0.862 bits per heavy atom. The van der Waals surface area contributed by atoms with E-state index in [0.29, 0.717) is 28.8 Å². The Labute approximate surface area is 168 Å². The predicted molar refractivity (Wildman–Crippen MR) is 111 cm³/mol. The molecule has 3 aromatic rings. The first-order valence-electron chi connectivity index (χ1n) is 8.82. The molecular formula is C21H22N4O4. The Hall–Kier alpha value is -3.81. The molecule has 0 unspecified atom stereocenters. The number of carbonyl (C=O) groups is 1. The van der Waals surface area contributed by atoms with Gasteiger partial charge in [0.25, 0.3) is 5.91 Å². The highest BCUT2D eigenvalue weighted by Crippen LogP contribution is 2.29. The van der Waals surface area contributed by atoms with Gasteiger partial charge in [0.15, 0.2) is 0 Å². The summed E-state index contributed by atoms with van der Waals surface area (Å²) in [6.07, 6.45) is 0. The van der Waals surface area contributed by atoms with Gasteiger partial charge in [-0.2, -0.15) is 0 Å². The summed E-state index contributed by atoms with van der Waals surface area (Å²) in [5, 5.41) is 5.97. The number of carbonyl (C=O) groups excluding carboxylic acids is 1. The van der Waals surface area contributed by atoms with E-state index in [1.807, 2.05) is 24.3 Å². The maximum absolute atomic E-state index is 12.8. The van der Waals surface area contributed by atoms with Gasteiger partial charge in [0.2, 0.25) is 0 Å². The van der Waals surface area contributed by atoms with Gasteiger partial charge in [-0.3, -0.25) is 4.79 Å². The number of anilines is 3. The van der Waals surface area contributed by atoms with Gasteiger partial charge in [0.1, 0.15) is 34.6 Å². The molecule has 0 spiro atoms. The summed E-state index contributed by atoms with van der Waals surface area (Å²) in [7, 11) is 4.69. The van der Waals surface area contributed by atoms with Gasteiger partial charge >= 0.3 is 0 Å². The molecule has 1 amide bonds. The smallest absolute Gasteiger partial charge is 0.274 e. The van der Waals surface area contributed by atoms with E-state index < -0.39 is 0 Å². The number of nitrogens with one attached hydrogen (secondary N) is 2. The van der Waals surface area contributed by atoms with Crippen LogP contribution in [0.25, 0.3) is 0 Å². The minimum absolute atomic E-state index is 0.221. The van der Waals surface area contributed by atoms with Crippen LogP contribution in [0.1, 0.15) is 16.3 Å². The SMILES string of the molecule is COc1ccc(Nc2cc(C(=O)Nc3cc(OC)ccc3OC)nc(C)n2)cc1. The monoisotopic (exact) mass is 394 g/mol. The van der Waals surface area contributed by atoms with Crippen LogP contribution in [0.3, 0.4) is 0 Å². The van der Waals surface area contributed by atoms with Crippen molar-refractivity contribution in [1.82, 2.24) is 9.97 Å². The van der Waals surface area contributed by atoms with E-state index in [1.54, 1.807) is 45.4 Å². The highest BCUT2D eigenvalue weighted by Gasteiger charge is 2.14. The lowest BCUT2D eigenvalue weighted by molar-refractivity contribution is 0.102. The zero-order valence-electron chi connectivity index (χ0n) is 16.6. The van der Waals surface area contributed by atoms with Crippen LogP contribution in [0.5, 0.6) is 17.2 Å². The molecule has 0 saturated heterocycles. The zero-order chi connectivity index (χ0) is 20.8. The fourth-order valence-corrected chi connectivity index (χ4v) is 2.67. The van der Waals surface area contributed by atoms with Crippen LogP contribution >= 0.6 is 0 Å². The minimum Gasteiger partial charge on any atom is -0.497 e. The molecule has 8 heteroatoms. The van der Waals surface area contributed by atoms with Crippen molar-refractivity contribution in [3.05, 3.63) is 60.0 Å². The number of aryl methyl sites for hydroxylation is 1. The highest BCUT2D eigenvalue weighted by atomic mass is 16.5. The van der Waals surface area contributed by atoms with Crippen molar-refractivity contribution < 1.29 is 19.0 Å². The molecule has 0 radical (unpaired) electrons. The van der Waals surface area contributed by atoms with Crippen LogP contribution in [0.4, 0.5) is 17.2 Å². The van der Waals surface area contributed by atoms with Gasteiger partial charge in [-0.05, 0) is 43.3 Å². The van der Waals surface area contributed by atoms with Gasteiger partial charge < -0.3 is 24.8 Å². The van der Waals surface area contributed by atoms with E-state index in [-0.39, 0.29) is 11.6 Å². The van der Waals surface area contributed by atoms with Gasteiger partial charge in [-0.15, -0.1) is 0 Å². The largest absolute Gasteiger partial charge is 0.497 e. The average molecular weight is 394 g/mol. The second-order valence-corrected chi connectivity index (χ2v) is 6.06. The zero-order valence-corrected chi connectivity index (χ0v) is 16.6. The molecule has 2 aromatic carbocycles. The summed E-state index contributed by atoms with van der Waals surface area (Å²) in [6, 6.07) is 14.1. The molecule has 0 saturated carbocycles. The third-order valence-electron chi connectivity index (χ3n) is 4.09. The highest BCUT2D eigenvalue weighted by molar-refractivity contribution is 6.04. The van der Waals surface area contributed by atoms with Gasteiger partial charge in [-0.25, -0.2) is 9.97 Å². The number of nitrogens with zero attached hydrogens (tertiary/aromatic N) is 2. The number of rotatable bonds is 7. The molecule has 29 heavy (non-hydrogen) atoms.